The second-order valence-electron chi connectivity index (χ2n) is 5.07. The van der Waals surface area contributed by atoms with Gasteiger partial charge < -0.3 is 10.1 Å². The van der Waals surface area contributed by atoms with Crippen LogP contribution < -0.4 is 5.32 Å². The molecule has 0 fully saturated rings. The van der Waals surface area contributed by atoms with E-state index in [1.165, 1.54) is 19.3 Å². The number of thioether (sulfide) groups is 1. The number of nitrogens with one attached hydrogen (secondary N) is 1. The molecular formula is C14H31NOS. The predicted molar refractivity (Wildman–Crippen MR) is 80.0 cm³/mol. The van der Waals surface area contributed by atoms with E-state index >= 15 is 0 Å². The zero-order valence-electron chi connectivity index (χ0n) is 12.3. The van der Waals surface area contributed by atoms with Gasteiger partial charge in [0.05, 0.1) is 6.61 Å². The molecule has 1 N–H and O–H groups in total. The Morgan fingerprint density at radius 2 is 1.82 bits per heavy atom. The highest BCUT2D eigenvalue weighted by atomic mass is 32.2. The molecule has 0 heterocycles. The van der Waals surface area contributed by atoms with Gasteiger partial charge in [0.2, 0.25) is 0 Å². The third kappa shape index (κ3) is 8.06. The standard InChI is InChI=1S/C14H31NOS/c1-6-14(7-2,17-5)12-15-9-11-16-10-8-13(3)4/h13,15H,6-12H2,1-5H3. The lowest BCUT2D eigenvalue weighted by atomic mass is 10.0. The van der Waals surface area contributed by atoms with Crippen molar-refractivity contribution in [1.29, 1.82) is 0 Å². The minimum Gasteiger partial charge on any atom is -0.380 e. The summed E-state index contributed by atoms with van der Waals surface area (Å²) in [4.78, 5) is 0. The molecule has 0 atom stereocenters. The topological polar surface area (TPSA) is 21.3 Å². The van der Waals surface area contributed by atoms with Gasteiger partial charge in [0.1, 0.15) is 0 Å². The Hall–Kier alpha value is 0.270. The molecule has 104 valence electrons. The fourth-order valence-electron chi connectivity index (χ4n) is 1.74. The Balaban J connectivity index is 3.49. The van der Waals surface area contributed by atoms with Crippen LogP contribution in [0.4, 0.5) is 0 Å². The van der Waals surface area contributed by atoms with Crippen LogP contribution in [-0.2, 0) is 4.74 Å². The average molecular weight is 261 g/mol. The molecule has 17 heavy (non-hydrogen) atoms. The van der Waals surface area contributed by atoms with Gasteiger partial charge in [0.15, 0.2) is 0 Å². The summed E-state index contributed by atoms with van der Waals surface area (Å²) < 4.78 is 6.01. The molecule has 0 rings (SSSR count). The van der Waals surface area contributed by atoms with Gasteiger partial charge in [-0.2, -0.15) is 11.8 Å². The highest BCUT2D eigenvalue weighted by molar-refractivity contribution is 8.00. The summed E-state index contributed by atoms with van der Waals surface area (Å²) in [5, 5.41) is 3.52. The van der Waals surface area contributed by atoms with Crippen LogP contribution in [0.15, 0.2) is 0 Å². The van der Waals surface area contributed by atoms with Crippen molar-refractivity contribution in [2.45, 2.75) is 51.7 Å². The molecule has 0 saturated carbocycles. The summed E-state index contributed by atoms with van der Waals surface area (Å²) in [5.74, 6) is 0.743. The van der Waals surface area contributed by atoms with E-state index in [1.807, 2.05) is 11.8 Å². The van der Waals surface area contributed by atoms with Gasteiger partial charge in [-0.1, -0.05) is 27.7 Å². The van der Waals surface area contributed by atoms with E-state index in [0.717, 1.165) is 32.2 Å². The lowest BCUT2D eigenvalue weighted by Crippen LogP contribution is -2.38. The fourth-order valence-corrected chi connectivity index (χ4v) is 2.57. The molecule has 0 aromatic carbocycles. The third-order valence-corrected chi connectivity index (χ3v) is 5.02. The molecule has 0 bridgehead atoms. The molecule has 0 aromatic rings. The van der Waals surface area contributed by atoms with Crippen LogP contribution in [0.25, 0.3) is 0 Å². The highest BCUT2D eigenvalue weighted by Gasteiger charge is 2.23. The Kier molecular flexibility index (Phi) is 10.4. The molecule has 0 aliphatic carbocycles. The van der Waals surface area contributed by atoms with E-state index in [1.54, 1.807) is 0 Å². The Bertz CT molecular complexity index is 161. The van der Waals surface area contributed by atoms with Gasteiger partial charge in [-0.05, 0) is 31.4 Å². The zero-order chi connectivity index (χ0) is 13.1. The van der Waals surface area contributed by atoms with Crippen LogP contribution in [0.3, 0.4) is 0 Å². The van der Waals surface area contributed by atoms with Crippen LogP contribution in [0.2, 0.25) is 0 Å². The average Bonchev–Trinajstić information content (AvgIpc) is 2.33. The Morgan fingerprint density at radius 3 is 2.29 bits per heavy atom. The van der Waals surface area contributed by atoms with Gasteiger partial charge in [-0.25, -0.2) is 0 Å². The van der Waals surface area contributed by atoms with Crippen molar-refractivity contribution < 1.29 is 4.74 Å². The summed E-state index contributed by atoms with van der Waals surface area (Å²) in [6, 6.07) is 0. The maximum absolute atomic E-state index is 5.59. The Labute approximate surface area is 112 Å². The molecule has 0 radical (unpaired) electrons. The second kappa shape index (κ2) is 10.2. The number of hydrogen-bond donors (Lipinski definition) is 1. The van der Waals surface area contributed by atoms with Crippen molar-refractivity contribution in [1.82, 2.24) is 5.32 Å². The van der Waals surface area contributed by atoms with Crippen LogP contribution in [0, 0.1) is 5.92 Å². The summed E-state index contributed by atoms with van der Waals surface area (Å²) in [5.41, 5.74) is 0. The first kappa shape index (κ1) is 17.3. The van der Waals surface area contributed by atoms with Crippen LogP contribution in [-0.4, -0.2) is 37.3 Å². The van der Waals surface area contributed by atoms with Gasteiger partial charge in [0, 0.05) is 24.4 Å². The van der Waals surface area contributed by atoms with Crippen molar-refractivity contribution in [3.8, 4) is 0 Å². The monoisotopic (exact) mass is 261 g/mol. The van der Waals surface area contributed by atoms with Gasteiger partial charge in [-0.3, -0.25) is 0 Å². The lowest BCUT2D eigenvalue weighted by molar-refractivity contribution is 0.125. The molecule has 0 aliphatic heterocycles. The minimum absolute atomic E-state index is 0.415. The largest absolute Gasteiger partial charge is 0.380 e. The van der Waals surface area contributed by atoms with E-state index in [2.05, 4.69) is 39.3 Å². The SMILES string of the molecule is CCC(CC)(CNCCOCCC(C)C)SC. The molecule has 0 spiro atoms. The summed E-state index contributed by atoms with van der Waals surface area (Å²) in [6.45, 7) is 12.8. The van der Waals surface area contributed by atoms with Crippen LogP contribution >= 0.6 is 11.8 Å². The molecule has 0 saturated heterocycles. The van der Waals surface area contributed by atoms with Crippen molar-refractivity contribution in [2.75, 3.05) is 32.6 Å². The van der Waals surface area contributed by atoms with Crippen molar-refractivity contribution in [3.63, 3.8) is 0 Å². The first-order chi connectivity index (χ1) is 8.10. The molecule has 0 unspecified atom stereocenters. The van der Waals surface area contributed by atoms with Crippen LogP contribution in [0.1, 0.15) is 47.0 Å². The highest BCUT2D eigenvalue weighted by Crippen LogP contribution is 2.29. The second-order valence-corrected chi connectivity index (χ2v) is 6.34. The maximum Gasteiger partial charge on any atom is 0.0590 e. The van der Waals surface area contributed by atoms with E-state index < -0.39 is 0 Å². The molecule has 0 aromatic heterocycles. The molecular weight excluding hydrogens is 230 g/mol. The van der Waals surface area contributed by atoms with Crippen LogP contribution in [0.5, 0.6) is 0 Å². The molecule has 2 nitrogen and oxygen atoms in total. The maximum atomic E-state index is 5.59. The van der Waals surface area contributed by atoms with E-state index in [4.69, 9.17) is 4.74 Å². The number of ether oxygens (including phenoxy) is 1. The summed E-state index contributed by atoms with van der Waals surface area (Å²) in [7, 11) is 0. The zero-order valence-corrected chi connectivity index (χ0v) is 13.2. The third-order valence-electron chi connectivity index (χ3n) is 3.43. The quantitative estimate of drug-likeness (QED) is 0.575. The summed E-state index contributed by atoms with van der Waals surface area (Å²) >= 11 is 1.99. The van der Waals surface area contributed by atoms with Gasteiger partial charge >= 0.3 is 0 Å². The normalized spacial score (nSPS) is 12.4. The lowest BCUT2D eigenvalue weighted by Gasteiger charge is -2.30. The Morgan fingerprint density at radius 1 is 1.18 bits per heavy atom. The molecule has 3 heteroatoms. The summed E-state index contributed by atoms with van der Waals surface area (Å²) in [6.07, 6.45) is 5.84. The molecule has 0 aliphatic rings. The van der Waals surface area contributed by atoms with Crippen molar-refractivity contribution in [2.24, 2.45) is 5.92 Å². The minimum atomic E-state index is 0.415. The molecule has 0 amide bonds. The van der Waals surface area contributed by atoms with Crippen molar-refractivity contribution >= 4 is 11.8 Å². The fraction of sp³-hybridized carbons (Fsp3) is 1.00. The number of rotatable bonds is 11. The first-order valence-corrected chi connectivity index (χ1v) is 8.16. The number of hydrogen-bond acceptors (Lipinski definition) is 3. The van der Waals surface area contributed by atoms with E-state index in [9.17, 15) is 0 Å². The van der Waals surface area contributed by atoms with Gasteiger partial charge in [0.25, 0.3) is 0 Å². The smallest absolute Gasteiger partial charge is 0.0590 e. The van der Waals surface area contributed by atoms with E-state index in [-0.39, 0.29) is 0 Å². The predicted octanol–water partition coefficient (Wildman–Crippen LogP) is 3.56. The van der Waals surface area contributed by atoms with Gasteiger partial charge in [-0.15, -0.1) is 0 Å². The van der Waals surface area contributed by atoms with E-state index in [0.29, 0.717) is 4.75 Å². The first-order valence-electron chi connectivity index (χ1n) is 6.93. The van der Waals surface area contributed by atoms with Crippen molar-refractivity contribution in [3.05, 3.63) is 0 Å².